The maximum atomic E-state index is 11.8. The lowest BCUT2D eigenvalue weighted by atomic mass is 10.2. The normalized spacial score (nSPS) is 9.74. The number of rotatable bonds is 3. The minimum absolute atomic E-state index is 0.242. The second-order valence-electron chi connectivity index (χ2n) is 3.79. The highest BCUT2D eigenvalue weighted by molar-refractivity contribution is 6.04. The summed E-state index contributed by atoms with van der Waals surface area (Å²) in [5.74, 6) is -0.188. The molecular formula is C15H11NO3. The van der Waals surface area contributed by atoms with Gasteiger partial charge >= 0.3 is 5.97 Å². The zero-order chi connectivity index (χ0) is 13.7. The van der Waals surface area contributed by atoms with Crippen molar-refractivity contribution in [3.05, 3.63) is 60.2 Å². The molecule has 0 atom stereocenters. The average molecular weight is 253 g/mol. The number of hydrogen-bond acceptors (Lipinski definition) is 3. The number of benzene rings is 2. The first-order valence-corrected chi connectivity index (χ1v) is 5.62. The van der Waals surface area contributed by atoms with Gasteiger partial charge in [-0.1, -0.05) is 0 Å². The average Bonchev–Trinajstić information content (AvgIpc) is 2.41. The molecule has 94 valence electrons. The molecule has 1 amide bonds. The lowest BCUT2D eigenvalue weighted by Gasteiger charge is -2.06. The van der Waals surface area contributed by atoms with Gasteiger partial charge in [0, 0.05) is 18.2 Å². The molecule has 2 aromatic rings. The van der Waals surface area contributed by atoms with Crippen molar-refractivity contribution in [3.8, 4) is 5.75 Å². The number of amides is 1. The van der Waals surface area contributed by atoms with Crippen molar-refractivity contribution in [1.82, 2.24) is 0 Å². The molecule has 2 rings (SSSR count). The maximum absolute atomic E-state index is 11.8. The zero-order valence-electron chi connectivity index (χ0n) is 10.3. The van der Waals surface area contributed by atoms with E-state index in [1.807, 2.05) is 0 Å². The summed E-state index contributed by atoms with van der Waals surface area (Å²) in [6, 6.07) is 16.9. The molecule has 0 heterocycles. The first-order valence-electron chi connectivity index (χ1n) is 5.62. The minimum atomic E-state index is -0.382. The predicted molar refractivity (Wildman–Crippen MR) is 69.8 cm³/mol. The SMILES string of the molecule is CC(=O)Oc1ccc(NC(=O)c2c[c]c[c]c2)cc1. The van der Waals surface area contributed by atoms with E-state index < -0.39 is 0 Å². The van der Waals surface area contributed by atoms with Gasteiger partial charge < -0.3 is 10.1 Å². The van der Waals surface area contributed by atoms with Crippen LogP contribution in [0.2, 0.25) is 0 Å². The van der Waals surface area contributed by atoms with Gasteiger partial charge in [-0.2, -0.15) is 0 Å². The van der Waals surface area contributed by atoms with Crippen LogP contribution in [-0.4, -0.2) is 11.9 Å². The Morgan fingerprint density at radius 3 is 2.32 bits per heavy atom. The van der Waals surface area contributed by atoms with E-state index in [0.29, 0.717) is 17.0 Å². The Labute approximate surface area is 111 Å². The summed E-state index contributed by atoms with van der Waals surface area (Å²) in [6.07, 6.45) is 0. The van der Waals surface area contributed by atoms with Gasteiger partial charge in [-0.05, 0) is 54.6 Å². The van der Waals surface area contributed by atoms with Crippen LogP contribution in [0.3, 0.4) is 0 Å². The van der Waals surface area contributed by atoms with Crippen molar-refractivity contribution in [2.24, 2.45) is 0 Å². The summed E-state index contributed by atoms with van der Waals surface area (Å²) in [5.41, 5.74) is 1.09. The van der Waals surface area contributed by atoms with Crippen LogP contribution < -0.4 is 10.1 Å². The Bertz CT molecular complexity index is 576. The highest BCUT2D eigenvalue weighted by Gasteiger charge is 2.05. The third kappa shape index (κ3) is 3.67. The van der Waals surface area contributed by atoms with Crippen molar-refractivity contribution in [1.29, 1.82) is 0 Å². The van der Waals surface area contributed by atoms with E-state index >= 15 is 0 Å². The monoisotopic (exact) mass is 253 g/mol. The summed E-state index contributed by atoms with van der Waals surface area (Å²) in [6.45, 7) is 1.33. The quantitative estimate of drug-likeness (QED) is 0.675. The van der Waals surface area contributed by atoms with Gasteiger partial charge in [0.05, 0.1) is 0 Å². The summed E-state index contributed by atoms with van der Waals surface area (Å²) in [5, 5.41) is 2.72. The van der Waals surface area contributed by atoms with Crippen molar-refractivity contribution in [2.45, 2.75) is 6.92 Å². The number of nitrogens with one attached hydrogen (secondary N) is 1. The molecule has 4 nitrogen and oxygen atoms in total. The maximum Gasteiger partial charge on any atom is 0.308 e. The van der Waals surface area contributed by atoms with E-state index in [0.717, 1.165) is 0 Å². The smallest absolute Gasteiger partial charge is 0.308 e. The fourth-order valence-electron chi connectivity index (χ4n) is 1.46. The van der Waals surface area contributed by atoms with Gasteiger partial charge in [0.2, 0.25) is 0 Å². The van der Waals surface area contributed by atoms with E-state index in [1.165, 1.54) is 6.92 Å². The molecule has 4 heteroatoms. The number of ether oxygens (including phenoxy) is 1. The molecule has 0 saturated carbocycles. The largest absolute Gasteiger partial charge is 0.427 e. The lowest BCUT2D eigenvalue weighted by molar-refractivity contribution is -0.131. The number of esters is 1. The van der Waals surface area contributed by atoms with Crippen molar-refractivity contribution in [3.63, 3.8) is 0 Å². The standard InChI is InChI=1S/C15H11NO3/c1-11(17)19-14-9-7-13(8-10-14)16-15(18)12-5-3-2-4-6-12/h2,5-10H,1H3,(H,16,18). The van der Waals surface area contributed by atoms with Gasteiger partial charge in [0.25, 0.3) is 5.91 Å². The molecule has 2 radical (unpaired) electrons. The molecule has 0 aliphatic carbocycles. The van der Waals surface area contributed by atoms with Crippen molar-refractivity contribution < 1.29 is 14.3 Å². The van der Waals surface area contributed by atoms with E-state index in [-0.39, 0.29) is 11.9 Å². The molecule has 0 aromatic heterocycles. The lowest BCUT2D eigenvalue weighted by Crippen LogP contribution is -2.11. The van der Waals surface area contributed by atoms with Crippen LogP contribution in [0, 0.1) is 12.1 Å². The Morgan fingerprint density at radius 1 is 1.11 bits per heavy atom. The zero-order valence-corrected chi connectivity index (χ0v) is 10.3. The Hall–Kier alpha value is -2.62. The van der Waals surface area contributed by atoms with Crippen LogP contribution in [0.25, 0.3) is 0 Å². The predicted octanol–water partition coefficient (Wildman–Crippen LogP) is 2.46. The summed E-state index contributed by atoms with van der Waals surface area (Å²) in [4.78, 5) is 22.6. The van der Waals surface area contributed by atoms with Crippen LogP contribution >= 0.6 is 0 Å². The topological polar surface area (TPSA) is 55.4 Å². The molecule has 2 aromatic carbocycles. The molecule has 0 saturated heterocycles. The van der Waals surface area contributed by atoms with Gasteiger partial charge in [-0.3, -0.25) is 9.59 Å². The third-order valence-corrected chi connectivity index (χ3v) is 2.28. The van der Waals surface area contributed by atoms with Crippen LogP contribution in [0.5, 0.6) is 5.75 Å². The summed E-state index contributed by atoms with van der Waals surface area (Å²) < 4.78 is 4.90. The molecule has 0 spiro atoms. The van der Waals surface area contributed by atoms with E-state index in [4.69, 9.17) is 4.74 Å². The highest BCUT2D eigenvalue weighted by Crippen LogP contribution is 2.16. The summed E-state index contributed by atoms with van der Waals surface area (Å²) in [7, 11) is 0. The molecule has 0 fully saturated rings. The van der Waals surface area contributed by atoms with Crippen LogP contribution in [0.15, 0.2) is 42.5 Å². The van der Waals surface area contributed by atoms with Gasteiger partial charge in [-0.15, -0.1) is 0 Å². The van der Waals surface area contributed by atoms with Crippen LogP contribution in [0.1, 0.15) is 17.3 Å². The van der Waals surface area contributed by atoms with Crippen molar-refractivity contribution in [2.75, 3.05) is 5.32 Å². The molecule has 1 N–H and O–H groups in total. The molecular weight excluding hydrogens is 242 g/mol. The second-order valence-corrected chi connectivity index (χ2v) is 3.79. The van der Waals surface area contributed by atoms with Crippen LogP contribution in [-0.2, 0) is 4.79 Å². The van der Waals surface area contributed by atoms with Crippen LogP contribution in [0.4, 0.5) is 5.69 Å². The second kappa shape index (κ2) is 5.82. The number of hydrogen-bond donors (Lipinski definition) is 1. The molecule has 19 heavy (non-hydrogen) atoms. The number of anilines is 1. The Morgan fingerprint density at radius 2 is 1.74 bits per heavy atom. The number of carbonyl (C=O) groups is 2. The first-order chi connectivity index (χ1) is 9.15. The van der Waals surface area contributed by atoms with E-state index in [1.54, 1.807) is 42.5 Å². The van der Waals surface area contributed by atoms with Gasteiger partial charge in [0.1, 0.15) is 5.75 Å². The van der Waals surface area contributed by atoms with E-state index in [2.05, 4.69) is 17.4 Å². The third-order valence-electron chi connectivity index (χ3n) is 2.28. The minimum Gasteiger partial charge on any atom is -0.427 e. The molecule has 0 unspecified atom stereocenters. The molecule has 0 aliphatic rings. The van der Waals surface area contributed by atoms with E-state index in [9.17, 15) is 9.59 Å². The fraction of sp³-hybridized carbons (Fsp3) is 0.0667. The van der Waals surface area contributed by atoms with Gasteiger partial charge in [-0.25, -0.2) is 0 Å². The Kier molecular flexibility index (Phi) is 3.93. The summed E-state index contributed by atoms with van der Waals surface area (Å²) >= 11 is 0. The highest BCUT2D eigenvalue weighted by atomic mass is 16.5. The molecule has 0 bridgehead atoms. The van der Waals surface area contributed by atoms with Crippen molar-refractivity contribution >= 4 is 17.6 Å². The van der Waals surface area contributed by atoms with Gasteiger partial charge in [0.15, 0.2) is 0 Å². The Balaban J connectivity index is 2.04. The fourth-order valence-corrected chi connectivity index (χ4v) is 1.46. The first kappa shape index (κ1) is 12.8. The number of carbonyl (C=O) groups excluding carboxylic acids is 2. The molecule has 0 aliphatic heterocycles.